The van der Waals surface area contributed by atoms with Gasteiger partial charge in [-0.25, -0.2) is 9.59 Å². The number of amides is 2. The zero-order chi connectivity index (χ0) is 23.4. The van der Waals surface area contributed by atoms with Crippen LogP contribution in [-0.4, -0.2) is 66.7 Å². The van der Waals surface area contributed by atoms with Gasteiger partial charge in [-0.1, -0.05) is 30.3 Å². The third kappa shape index (κ3) is 5.13. The minimum atomic E-state index is -0.772. The van der Waals surface area contributed by atoms with E-state index in [0.29, 0.717) is 41.7 Å². The highest BCUT2D eigenvalue weighted by Gasteiger charge is 2.44. The van der Waals surface area contributed by atoms with Crippen LogP contribution in [0.4, 0.5) is 4.79 Å². The molecule has 0 radical (unpaired) electrons. The Labute approximate surface area is 200 Å². The molecule has 0 bridgehead atoms. The SMILES string of the molecule is COc1ccc(C(=O)N2CCC(N3C(=O)OC[C@H]3C(=O)OCc3ccccc3)CC2)cc1Br. The lowest BCUT2D eigenvalue weighted by molar-refractivity contribution is -0.150. The molecule has 2 saturated heterocycles. The lowest BCUT2D eigenvalue weighted by Gasteiger charge is -2.37. The van der Waals surface area contributed by atoms with Crippen molar-refractivity contribution in [3.05, 3.63) is 64.1 Å². The van der Waals surface area contributed by atoms with Crippen molar-refractivity contribution in [3.63, 3.8) is 0 Å². The number of hydrogen-bond acceptors (Lipinski definition) is 6. The Balaban J connectivity index is 1.35. The van der Waals surface area contributed by atoms with Crippen LogP contribution in [-0.2, 0) is 20.9 Å². The average molecular weight is 517 g/mol. The summed E-state index contributed by atoms with van der Waals surface area (Å²) in [7, 11) is 1.57. The molecular weight excluding hydrogens is 492 g/mol. The quantitative estimate of drug-likeness (QED) is 0.545. The second-order valence-electron chi connectivity index (χ2n) is 7.97. The highest BCUT2D eigenvalue weighted by molar-refractivity contribution is 9.10. The maximum Gasteiger partial charge on any atom is 0.410 e. The van der Waals surface area contributed by atoms with Crippen molar-refractivity contribution >= 4 is 33.9 Å². The monoisotopic (exact) mass is 516 g/mol. The van der Waals surface area contributed by atoms with E-state index in [1.807, 2.05) is 30.3 Å². The number of likely N-dealkylation sites (tertiary alicyclic amines) is 1. The molecule has 33 heavy (non-hydrogen) atoms. The Hall–Kier alpha value is -3.07. The second-order valence-corrected chi connectivity index (χ2v) is 8.82. The summed E-state index contributed by atoms with van der Waals surface area (Å²) in [4.78, 5) is 41.2. The van der Waals surface area contributed by atoms with Crippen LogP contribution in [0, 0.1) is 0 Å². The van der Waals surface area contributed by atoms with Gasteiger partial charge in [-0.15, -0.1) is 0 Å². The number of cyclic esters (lactones) is 1. The largest absolute Gasteiger partial charge is 0.496 e. The molecule has 0 spiro atoms. The Morgan fingerprint density at radius 1 is 1.12 bits per heavy atom. The maximum atomic E-state index is 12.9. The van der Waals surface area contributed by atoms with Crippen LogP contribution in [0.15, 0.2) is 53.0 Å². The van der Waals surface area contributed by atoms with Crippen molar-refractivity contribution in [1.82, 2.24) is 9.80 Å². The van der Waals surface area contributed by atoms with Gasteiger partial charge in [-0.05, 0) is 52.5 Å². The number of methoxy groups -OCH3 is 1. The van der Waals surface area contributed by atoms with Crippen LogP contribution < -0.4 is 4.74 Å². The number of esters is 1. The molecule has 8 nitrogen and oxygen atoms in total. The molecule has 0 aromatic heterocycles. The fraction of sp³-hybridized carbons (Fsp3) is 0.375. The van der Waals surface area contributed by atoms with Crippen LogP contribution in [0.1, 0.15) is 28.8 Å². The lowest BCUT2D eigenvalue weighted by Crippen LogP contribution is -2.52. The summed E-state index contributed by atoms with van der Waals surface area (Å²) in [5.41, 5.74) is 1.43. The first kappa shape index (κ1) is 23.1. The molecule has 2 heterocycles. The van der Waals surface area contributed by atoms with E-state index in [1.165, 1.54) is 4.90 Å². The van der Waals surface area contributed by atoms with Gasteiger partial charge in [0.15, 0.2) is 6.04 Å². The van der Waals surface area contributed by atoms with Gasteiger partial charge in [0.05, 0.1) is 11.6 Å². The Morgan fingerprint density at radius 2 is 1.85 bits per heavy atom. The zero-order valence-corrected chi connectivity index (χ0v) is 19.8. The normalized spacial score (nSPS) is 18.7. The van der Waals surface area contributed by atoms with Crippen molar-refractivity contribution in [1.29, 1.82) is 0 Å². The Bertz CT molecular complexity index is 1020. The second kappa shape index (κ2) is 10.2. The van der Waals surface area contributed by atoms with Crippen LogP contribution in [0.3, 0.4) is 0 Å². The number of halogens is 1. The highest BCUT2D eigenvalue weighted by Crippen LogP contribution is 2.28. The van der Waals surface area contributed by atoms with Crippen molar-refractivity contribution in [2.24, 2.45) is 0 Å². The van der Waals surface area contributed by atoms with E-state index >= 15 is 0 Å². The van der Waals surface area contributed by atoms with Crippen molar-refractivity contribution < 1.29 is 28.6 Å². The number of hydrogen-bond donors (Lipinski definition) is 0. The summed E-state index contributed by atoms with van der Waals surface area (Å²) in [5.74, 6) is 0.0916. The first-order valence-electron chi connectivity index (χ1n) is 10.8. The fourth-order valence-corrected chi connectivity index (χ4v) is 4.71. The molecule has 0 N–H and O–H groups in total. The Kier molecular flexibility index (Phi) is 7.17. The van der Waals surface area contributed by atoms with Gasteiger partial charge in [0.25, 0.3) is 5.91 Å². The molecule has 2 amide bonds. The summed E-state index contributed by atoms with van der Waals surface area (Å²) >= 11 is 3.41. The van der Waals surface area contributed by atoms with Gasteiger partial charge < -0.3 is 19.1 Å². The molecule has 2 aliphatic rings. The van der Waals surface area contributed by atoms with Gasteiger partial charge in [0.1, 0.15) is 19.0 Å². The first-order valence-corrected chi connectivity index (χ1v) is 11.6. The molecular formula is C24H25BrN2O6. The molecule has 1 atom stereocenters. The summed E-state index contributed by atoms with van der Waals surface area (Å²) in [6, 6.07) is 13.6. The van der Waals surface area contributed by atoms with Crippen LogP contribution in [0.2, 0.25) is 0 Å². The molecule has 0 unspecified atom stereocenters. The predicted octanol–water partition coefficient (Wildman–Crippen LogP) is 3.63. The smallest absolute Gasteiger partial charge is 0.410 e. The van der Waals surface area contributed by atoms with Gasteiger partial charge in [-0.3, -0.25) is 9.69 Å². The topological polar surface area (TPSA) is 85.4 Å². The van der Waals surface area contributed by atoms with Crippen LogP contribution in [0.25, 0.3) is 0 Å². The lowest BCUT2D eigenvalue weighted by atomic mass is 10.0. The van der Waals surface area contributed by atoms with Crippen LogP contribution in [0.5, 0.6) is 5.75 Å². The number of nitrogens with zero attached hydrogens (tertiary/aromatic N) is 2. The molecule has 0 saturated carbocycles. The molecule has 0 aliphatic carbocycles. The molecule has 2 aromatic rings. The first-order chi connectivity index (χ1) is 16.0. The average Bonchev–Trinajstić information content (AvgIpc) is 3.24. The summed E-state index contributed by atoms with van der Waals surface area (Å²) in [6.45, 7) is 1.07. The van der Waals surface area contributed by atoms with E-state index in [4.69, 9.17) is 14.2 Å². The van der Waals surface area contributed by atoms with Gasteiger partial charge in [0.2, 0.25) is 0 Å². The number of benzene rings is 2. The fourth-order valence-electron chi connectivity index (χ4n) is 4.17. The third-order valence-electron chi connectivity index (χ3n) is 5.95. The number of piperidine rings is 1. The standard InChI is InChI=1S/C24H25BrN2O6/c1-31-21-8-7-17(13-19(21)25)22(28)26-11-9-18(10-12-26)27-20(15-33-24(27)30)23(29)32-14-16-5-3-2-4-6-16/h2-8,13,18,20H,9-12,14-15H2,1H3/t20-/m0/s1. The van der Waals surface area contributed by atoms with Gasteiger partial charge in [-0.2, -0.15) is 0 Å². The van der Waals surface area contributed by atoms with E-state index in [9.17, 15) is 14.4 Å². The van der Waals surface area contributed by atoms with E-state index < -0.39 is 18.1 Å². The van der Waals surface area contributed by atoms with E-state index in [-0.39, 0.29) is 25.2 Å². The van der Waals surface area contributed by atoms with E-state index in [0.717, 1.165) is 5.56 Å². The van der Waals surface area contributed by atoms with Crippen molar-refractivity contribution in [2.75, 3.05) is 26.8 Å². The van der Waals surface area contributed by atoms with E-state index in [1.54, 1.807) is 30.2 Å². The summed E-state index contributed by atoms with van der Waals surface area (Å²) in [5, 5.41) is 0. The number of carbonyl (C=O) groups is 3. The van der Waals surface area contributed by atoms with Crippen molar-refractivity contribution in [3.8, 4) is 5.75 Å². The Morgan fingerprint density at radius 3 is 2.52 bits per heavy atom. The zero-order valence-electron chi connectivity index (χ0n) is 18.2. The predicted molar refractivity (Wildman–Crippen MR) is 123 cm³/mol. The summed E-state index contributed by atoms with van der Waals surface area (Å²) < 4.78 is 16.5. The molecule has 2 fully saturated rings. The number of ether oxygens (including phenoxy) is 3. The van der Waals surface area contributed by atoms with Gasteiger partial charge in [0, 0.05) is 24.7 Å². The molecule has 2 aliphatic heterocycles. The van der Waals surface area contributed by atoms with E-state index in [2.05, 4.69) is 15.9 Å². The highest BCUT2D eigenvalue weighted by atomic mass is 79.9. The summed E-state index contributed by atoms with van der Waals surface area (Å²) in [6.07, 6.45) is 0.599. The van der Waals surface area contributed by atoms with Crippen LogP contribution >= 0.6 is 15.9 Å². The number of rotatable bonds is 6. The molecule has 4 rings (SSSR count). The minimum Gasteiger partial charge on any atom is -0.496 e. The van der Waals surface area contributed by atoms with Gasteiger partial charge >= 0.3 is 12.1 Å². The number of carbonyl (C=O) groups excluding carboxylic acids is 3. The molecule has 174 valence electrons. The van der Waals surface area contributed by atoms with Crippen molar-refractivity contribution in [2.45, 2.75) is 31.5 Å². The third-order valence-corrected chi connectivity index (χ3v) is 6.57. The molecule has 2 aromatic carbocycles. The maximum absolute atomic E-state index is 12.9. The molecule has 9 heteroatoms. The minimum absolute atomic E-state index is 0.0223.